The highest BCUT2D eigenvalue weighted by molar-refractivity contribution is 8.00. The van der Waals surface area contributed by atoms with Gasteiger partial charge in [-0.3, -0.25) is 0 Å². The minimum absolute atomic E-state index is 0.184. The van der Waals surface area contributed by atoms with E-state index in [1.54, 1.807) is 11.8 Å². The third-order valence-electron chi connectivity index (χ3n) is 2.91. The molecule has 1 atom stereocenters. The third-order valence-corrected chi connectivity index (χ3v) is 4.33. The van der Waals surface area contributed by atoms with Gasteiger partial charge in [-0.25, -0.2) is 4.39 Å². The van der Waals surface area contributed by atoms with Crippen LogP contribution in [0.15, 0.2) is 29.2 Å². The molecule has 0 aliphatic rings. The Kier molecular flexibility index (Phi) is 5.85. The van der Waals surface area contributed by atoms with E-state index < -0.39 is 0 Å². The molecule has 2 N–H and O–H groups in total. The fourth-order valence-corrected chi connectivity index (χ4v) is 3.16. The quantitative estimate of drug-likeness (QED) is 0.769. The van der Waals surface area contributed by atoms with Gasteiger partial charge in [0.05, 0.1) is 0 Å². The molecule has 0 fully saturated rings. The van der Waals surface area contributed by atoms with Crippen LogP contribution in [0, 0.1) is 11.7 Å². The van der Waals surface area contributed by atoms with Gasteiger partial charge in [-0.05, 0) is 30.2 Å². The number of hydrogen-bond acceptors (Lipinski definition) is 2. The molecular formula is C13H20FNS. The molecule has 0 saturated carbocycles. The molecule has 0 saturated heterocycles. The van der Waals surface area contributed by atoms with E-state index >= 15 is 0 Å². The van der Waals surface area contributed by atoms with Crippen molar-refractivity contribution in [3.8, 4) is 0 Å². The second kappa shape index (κ2) is 6.92. The maximum Gasteiger partial charge on any atom is 0.123 e. The van der Waals surface area contributed by atoms with Gasteiger partial charge in [-0.2, -0.15) is 0 Å². The van der Waals surface area contributed by atoms with Crippen LogP contribution in [0.1, 0.15) is 26.7 Å². The number of nitrogens with two attached hydrogens (primary N) is 1. The van der Waals surface area contributed by atoms with E-state index in [1.807, 2.05) is 12.1 Å². The largest absolute Gasteiger partial charge is 0.329 e. The smallest absolute Gasteiger partial charge is 0.123 e. The summed E-state index contributed by atoms with van der Waals surface area (Å²) < 4.78 is 12.8. The van der Waals surface area contributed by atoms with Crippen LogP contribution in [0.25, 0.3) is 0 Å². The molecule has 0 aliphatic heterocycles. The second-order valence-corrected chi connectivity index (χ2v) is 5.24. The Morgan fingerprint density at radius 3 is 2.19 bits per heavy atom. The molecule has 0 aromatic heterocycles. The normalized spacial score (nSPS) is 13.1. The average molecular weight is 241 g/mol. The van der Waals surface area contributed by atoms with Crippen molar-refractivity contribution in [1.82, 2.24) is 0 Å². The highest BCUT2D eigenvalue weighted by Gasteiger charge is 2.17. The van der Waals surface area contributed by atoms with Crippen molar-refractivity contribution >= 4 is 11.8 Å². The zero-order valence-corrected chi connectivity index (χ0v) is 10.8. The van der Waals surface area contributed by atoms with Gasteiger partial charge in [0.2, 0.25) is 0 Å². The molecule has 1 rings (SSSR count). The van der Waals surface area contributed by atoms with Crippen molar-refractivity contribution in [2.24, 2.45) is 11.7 Å². The highest BCUT2D eigenvalue weighted by Crippen LogP contribution is 2.30. The van der Waals surface area contributed by atoms with E-state index in [1.165, 1.54) is 12.1 Å². The number of thioether (sulfide) groups is 1. The van der Waals surface area contributed by atoms with E-state index in [0.717, 1.165) is 17.7 Å². The first-order chi connectivity index (χ1) is 7.71. The van der Waals surface area contributed by atoms with Crippen LogP contribution in [0.3, 0.4) is 0 Å². The minimum Gasteiger partial charge on any atom is -0.329 e. The number of rotatable bonds is 6. The molecule has 16 heavy (non-hydrogen) atoms. The van der Waals surface area contributed by atoms with Crippen LogP contribution in [0.2, 0.25) is 0 Å². The standard InChI is InChI=1S/C13H20FNS/c1-3-10(4-2)13(9-15)16-12-7-5-11(14)6-8-12/h5-8,10,13H,3-4,9,15H2,1-2H3. The zero-order chi connectivity index (χ0) is 12.0. The second-order valence-electron chi connectivity index (χ2n) is 3.92. The molecule has 1 aromatic carbocycles. The molecule has 0 spiro atoms. The summed E-state index contributed by atoms with van der Waals surface area (Å²) in [4.78, 5) is 1.10. The van der Waals surface area contributed by atoms with Crippen molar-refractivity contribution in [3.63, 3.8) is 0 Å². The summed E-state index contributed by atoms with van der Waals surface area (Å²) >= 11 is 1.76. The first-order valence-corrected chi connectivity index (χ1v) is 6.71. The van der Waals surface area contributed by atoms with Crippen molar-refractivity contribution in [1.29, 1.82) is 0 Å². The summed E-state index contributed by atoms with van der Waals surface area (Å²) in [6, 6.07) is 6.65. The van der Waals surface area contributed by atoms with E-state index in [2.05, 4.69) is 13.8 Å². The lowest BCUT2D eigenvalue weighted by Gasteiger charge is -2.23. The molecule has 0 amide bonds. The average Bonchev–Trinajstić information content (AvgIpc) is 2.32. The predicted molar refractivity (Wildman–Crippen MR) is 69.2 cm³/mol. The summed E-state index contributed by atoms with van der Waals surface area (Å²) in [5.74, 6) is 0.455. The maximum absolute atomic E-state index is 12.8. The lowest BCUT2D eigenvalue weighted by atomic mass is 9.99. The first kappa shape index (κ1) is 13.5. The molecule has 1 nitrogen and oxygen atoms in total. The summed E-state index contributed by atoms with van der Waals surface area (Å²) in [5, 5.41) is 0.431. The maximum atomic E-state index is 12.8. The molecule has 1 aromatic rings. The van der Waals surface area contributed by atoms with Crippen LogP contribution in [0.5, 0.6) is 0 Å². The fourth-order valence-electron chi connectivity index (χ4n) is 1.84. The number of halogens is 1. The summed E-state index contributed by atoms with van der Waals surface area (Å²) in [7, 11) is 0. The van der Waals surface area contributed by atoms with E-state index in [0.29, 0.717) is 17.7 Å². The Balaban J connectivity index is 2.65. The van der Waals surface area contributed by atoms with Crippen LogP contribution >= 0.6 is 11.8 Å². The SMILES string of the molecule is CCC(CC)C(CN)Sc1ccc(F)cc1. The van der Waals surface area contributed by atoms with E-state index in [9.17, 15) is 4.39 Å². The molecule has 0 radical (unpaired) electrons. The van der Waals surface area contributed by atoms with Crippen LogP contribution < -0.4 is 5.73 Å². The van der Waals surface area contributed by atoms with Crippen molar-refractivity contribution in [3.05, 3.63) is 30.1 Å². The summed E-state index contributed by atoms with van der Waals surface area (Å²) in [5.41, 5.74) is 5.81. The summed E-state index contributed by atoms with van der Waals surface area (Å²) in [6.07, 6.45) is 2.29. The lowest BCUT2D eigenvalue weighted by molar-refractivity contribution is 0.475. The van der Waals surface area contributed by atoms with Gasteiger partial charge in [-0.15, -0.1) is 11.8 Å². The van der Waals surface area contributed by atoms with Crippen molar-refractivity contribution in [2.45, 2.75) is 36.8 Å². The molecule has 3 heteroatoms. The monoisotopic (exact) mass is 241 g/mol. The first-order valence-electron chi connectivity index (χ1n) is 5.83. The topological polar surface area (TPSA) is 26.0 Å². The zero-order valence-electron chi connectivity index (χ0n) is 9.95. The number of hydrogen-bond donors (Lipinski definition) is 1. The van der Waals surface area contributed by atoms with Gasteiger partial charge in [0.1, 0.15) is 5.82 Å². The van der Waals surface area contributed by atoms with Crippen LogP contribution in [0.4, 0.5) is 4.39 Å². The predicted octanol–water partition coefficient (Wildman–Crippen LogP) is 3.68. The van der Waals surface area contributed by atoms with E-state index in [4.69, 9.17) is 5.73 Å². The van der Waals surface area contributed by atoms with Gasteiger partial charge < -0.3 is 5.73 Å². The van der Waals surface area contributed by atoms with Crippen molar-refractivity contribution in [2.75, 3.05) is 6.54 Å². The molecule has 90 valence electrons. The Hall–Kier alpha value is -0.540. The molecule has 0 heterocycles. The Bertz CT molecular complexity index is 295. The molecular weight excluding hydrogens is 221 g/mol. The molecule has 0 bridgehead atoms. The van der Waals surface area contributed by atoms with E-state index in [-0.39, 0.29) is 5.82 Å². The number of benzene rings is 1. The Labute approximate surface area is 102 Å². The van der Waals surface area contributed by atoms with Gasteiger partial charge in [0.25, 0.3) is 0 Å². The Morgan fingerprint density at radius 1 is 1.19 bits per heavy atom. The van der Waals surface area contributed by atoms with Gasteiger partial charge in [0.15, 0.2) is 0 Å². The third kappa shape index (κ3) is 3.80. The molecule has 1 unspecified atom stereocenters. The lowest BCUT2D eigenvalue weighted by Crippen LogP contribution is -2.25. The van der Waals surface area contributed by atoms with Gasteiger partial charge >= 0.3 is 0 Å². The minimum atomic E-state index is -0.184. The summed E-state index contributed by atoms with van der Waals surface area (Å²) in [6.45, 7) is 5.07. The van der Waals surface area contributed by atoms with Gasteiger partial charge in [-0.1, -0.05) is 26.7 Å². The fraction of sp³-hybridized carbons (Fsp3) is 0.538. The van der Waals surface area contributed by atoms with Crippen LogP contribution in [-0.4, -0.2) is 11.8 Å². The van der Waals surface area contributed by atoms with Gasteiger partial charge in [0, 0.05) is 16.7 Å². The highest BCUT2D eigenvalue weighted by atomic mass is 32.2. The Morgan fingerprint density at radius 2 is 1.75 bits per heavy atom. The van der Waals surface area contributed by atoms with Crippen molar-refractivity contribution < 1.29 is 4.39 Å². The molecule has 0 aliphatic carbocycles. The van der Waals surface area contributed by atoms with Crippen LogP contribution in [-0.2, 0) is 0 Å².